The van der Waals surface area contributed by atoms with Gasteiger partial charge in [-0.15, -0.1) is 0 Å². The lowest BCUT2D eigenvalue weighted by Crippen LogP contribution is -2.45. The Balaban J connectivity index is 2.04. The Labute approximate surface area is 112 Å². The first kappa shape index (κ1) is 14.0. The molecule has 2 fully saturated rings. The molecule has 0 radical (unpaired) electrons. The van der Waals surface area contributed by atoms with Crippen LogP contribution in [0.2, 0.25) is 0 Å². The zero-order chi connectivity index (χ0) is 13.3. The molecule has 5 heteroatoms. The molecular weight excluding hydrogens is 248 g/mol. The summed E-state index contributed by atoms with van der Waals surface area (Å²) < 4.78 is 11.2. The van der Waals surface area contributed by atoms with Crippen molar-refractivity contribution in [1.82, 2.24) is 10.2 Å². The van der Waals surface area contributed by atoms with E-state index in [9.17, 15) is 9.00 Å². The van der Waals surface area contributed by atoms with Gasteiger partial charge in [0.05, 0.1) is 11.7 Å². The molecule has 1 amide bonds. The number of amides is 1. The number of rotatable bonds is 4. The van der Waals surface area contributed by atoms with E-state index >= 15 is 0 Å². The van der Waals surface area contributed by atoms with Gasteiger partial charge in [-0.3, -0.25) is 14.3 Å². The van der Waals surface area contributed by atoms with E-state index < -0.39 is 10.8 Å². The lowest BCUT2D eigenvalue weighted by molar-refractivity contribution is -0.134. The van der Waals surface area contributed by atoms with Gasteiger partial charge in [0.1, 0.15) is 0 Å². The highest BCUT2D eigenvalue weighted by atomic mass is 32.2. The number of nitrogens with one attached hydrogen (secondary N) is 1. The van der Waals surface area contributed by atoms with Gasteiger partial charge in [0.25, 0.3) is 0 Å². The largest absolute Gasteiger partial charge is 0.323 e. The van der Waals surface area contributed by atoms with Gasteiger partial charge in [0.2, 0.25) is 5.91 Å². The number of hydrogen-bond donors (Lipinski definition) is 1. The van der Waals surface area contributed by atoms with E-state index in [2.05, 4.69) is 19.2 Å². The van der Waals surface area contributed by atoms with Gasteiger partial charge in [-0.05, 0) is 33.1 Å². The summed E-state index contributed by atoms with van der Waals surface area (Å²) >= 11 is 0. The molecule has 4 nitrogen and oxygen atoms in total. The summed E-state index contributed by atoms with van der Waals surface area (Å²) in [6.07, 6.45) is 6.88. The SMILES string of the molecule is CC(CCS(C)=O)N1C(=O)C2(CCCC2)NC1C. The maximum atomic E-state index is 12.6. The normalized spacial score (nSPS) is 30.1. The van der Waals surface area contributed by atoms with Crippen LogP contribution in [0.5, 0.6) is 0 Å². The first-order valence-electron chi connectivity index (χ1n) is 6.87. The van der Waals surface area contributed by atoms with E-state index in [4.69, 9.17) is 0 Å². The van der Waals surface area contributed by atoms with E-state index in [-0.39, 0.29) is 23.7 Å². The van der Waals surface area contributed by atoms with Crippen molar-refractivity contribution in [1.29, 1.82) is 0 Å². The molecule has 0 aromatic rings. The highest BCUT2D eigenvalue weighted by Crippen LogP contribution is 2.37. The van der Waals surface area contributed by atoms with Gasteiger partial charge in [-0.25, -0.2) is 0 Å². The van der Waals surface area contributed by atoms with Gasteiger partial charge in [0, 0.05) is 28.9 Å². The molecule has 0 aromatic heterocycles. The summed E-state index contributed by atoms with van der Waals surface area (Å²) in [7, 11) is -0.778. The molecule has 3 atom stereocenters. The van der Waals surface area contributed by atoms with Gasteiger partial charge in [0.15, 0.2) is 0 Å². The maximum absolute atomic E-state index is 12.6. The molecule has 104 valence electrons. The molecule has 0 aromatic carbocycles. The monoisotopic (exact) mass is 272 g/mol. The van der Waals surface area contributed by atoms with Crippen LogP contribution in [0.15, 0.2) is 0 Å². The second-order valence-electron chi connectivity index (χ2n) is 5.74. The minimum Gasteiger partial charge on any atom is -0.323 e. The zero-order valence-corrected chi connectivity index (χ0v) is 12.4. The first-order valence-corrected chi connectivity index (χ1v) is 8.59. The summed E-state index contributed by atoms with van der Waals surface area (Å²) in [4.78, 5) is 14.6. The molecule has 2 aliphatic rings. The van der Waals surface area contributed by atoms with E-state index in [1.165, 1.54) is 0 Å². The number of carbonyl (C=O) groups excluding carboxylic acids is 1. The predicted molar refractivity (Wildman–Crippen MR) is 73.7 cm³/mol. The first-order chi connectivity index (χ1) is 8.46. The Morgan fingerprint density at radius 3 is 2.67 bits per heavy atom. The number of carbonyl (C=O) groups is 1. The Kier molecular flexibility index (Phi) is 4.11. The zero-order valence-electron chi connectivity index (χ0n) is 11.6. The number of nitrogens with zero attached hydrogens (tertiary/aromatic N) is 1. The van der Waals surface area contributed by atoms with Crippen LogP contribution < -0.4 is 5.32 Å². The molecule has 1 N–H and O–H groups in total. The topological polar surface area (TPSA) is 49.4 Å². The van der Waals surface area contributed by atoms with Crippen molar-refractivity contribution in [2.75, 3.05) is 12.0 Å². The Hall–Kier alpha value is -0.420. The minimum atomic E-state index is -0.778. The molecule has 18 heavy (non-hydrogen) atoms. The van der Waals surface area contributed by atoms with Crippen LogP contribution >= 0.6 is 0 Å². The van der Waals surface area contributed by atoms with E-state index in [0.29, 0.717) is 5.75 Å². The Morgan fingerprint density at radius 2 is 2.11 bits per heavy atom. The van der Waals surface area contributed by atoms with Crippen LogP contribution in [0.3, 0.4) is 0 Å². The average molecular weight is 272 g/mol. The molecule has 3 unspecified atom stereocenters. The third-order valence-corrected chi connectivity index (χ3v) is 5.11. The van der Waals surface area contributed by atoms with Crippen LogP contribution in [-0.2, 0) is 15.6 Å². The maximum Gasteiger partial charge on any atom is 0.244 e. The van der Waals surface area contributed by atoms with Gasteiger partial charge >= 0.3 is 0 Å². The molecule has 1 saturated heterocycles. The Morgan fingerprint density at radius 1 is 1.50 bits per heavy atom. The molecule has 1 heterocycles. The van der Waals surface area contributed by atoms with Gasteiger partial charge in [-0.1, -0.05) is 12.8 Å². The summed E-state index contributed by atoms with van der Waals surface area (Å²) in [5.41, 5.74) is -0.279. The predicted octanol–water partition coefficient (Wildman–Crippen LogP) is 1.23. The van der Waals surface area contributed by atoms with Crippen molar-refractivity contribution in [2.24, 2.45) is 0 Å². The van der Waals surface area contributed by atoms with Crippen LogP contribution in [0.4, 0.5) is 0 Å². The third-order valence-electron chi connectivity index (χ3n) is 4.30. The summed E-state index contributed by atoms with van der Waals surface area (Å²) in [6, 6.07) is 0.170. The van der Waals surface area contributed by atoms with Crippen LogP contribution in [0.25, 0.3) is 0 Å². The van der Waals surface area contributed by atoms with Crippen LogP contribution in [0, 0.1) is 0 Å². The second-order valence-corrected chi connectivity index (χ2v) is 7.29. The molecule has 1 spiro atoms. The molecular formula is C13H24N2O2S. The van der Waals surface area contributed by atoms with Crippen LogP contribution in [0.1, 0.15) is 46.0 Å². The van der Waals surface area contributed by atoms with Crippen LogP contribution in [-0.4, -0.2) is 44.8 Å². The van der Waals surface area contributed by atoms with E-state index in [1.54, 1.807) is 6.26 Å². The smallest absolute Gasteiger partial charge is 0.244 e. The highest BCUT2D eigenvalue weighted by molar-refractivity contribution is 7.84. The van der Waals surface area contributed by atoms with Crippen molar-refractivity contribution in [3.63, 3.8) is 0 Å². The molecule has 1 saturated carbocycles. The van der Waals surface area contributed by atoms with Crippen molar-refractivity contribution >= 4 is 16.7 Å². The Bertz CT molecular complexity index is 353. The fourth-order valence-electron chi connectivity index (χ4n) is 3.35. The fourth-order valence-corrected chi connectivity index (χ4v) is 4.02. The van der Waals surface area contributed by atoms with Gasteiger partial charge < -0.3 is 4.90 Å². The van der Waals surface area contributed by atoms with E-state index in [1.807, 2.05) is 4.90 Å². The molecule has 0 bridgehead atoms. The molecule has 2 rings (SSSR count). The standard InChI is InChI=1S/C13H24N2O2S/c1-10(6-9-18(3)17)15-11(2)14-13(12(15)16)7-4-5-8-13/h10-11,14H,4-9H2,1-3H3. The van der Waals surface area contributed by atoms with Crippen molar-refractivity contribution in [2.45, 2.75) is 63.7 Å². The average Bonchev–Trinajstić information content (AvgIpc) is 2.84. The highest BCUT2D eigenvalue weighted by Gasteiger charge is 2.51. The number of hydrogen-bond acceptors (Lipinski definition) is 3. The lowest BCUT2D eigenvalue weighted by Gasteiger charge is -2.28. The molecule has 1 aliphatic carbocycles. The summed E-state index contributed by atoms with van der Waals surface area (Å²) in [5, 5.41) is 3.50. The fraction of sp³-hybridized carbons (Fsp3) is 0.923. The van der Waals surface area contributed by atoms with E-state index in [0.717, 1.165) is 32.1 Å². The minimum absolute atomic E-state index is 0.107. The van der Waals surface area contributed by atoms with Crippen molar-refractivity contribution in [3.8, 4) is 0 Å². The molecule has 1 aliphatic heterocycles. The lowest BCUT2D eigenvalue weighted by atomic mass is 9.97. The second kappa shape index (κ2) is 5.29. The quantitative estimate of drug-likeness (QED) is 0.837. The third kappa shape index (κ3) is 2.48. The van der Waals surface area contributed by atoms with Gasteiger partial charge in [-0.2, -0.15) is 0 Å². The summed E-state index contributed by atoms with van der Waals surface area (Å²) in [6.45, 7) is 4.13. The summed E-state index contributed by atoms with van der Waals surface area (Å²) in [5.74, 6) is 0.937. The van der Waals surface area contributed by atoms with Crippen molar-refractivity contribution < 1.29 is 9.00 Å². The van der Waals surface area contributed by atoms with Crippen molar-refractivity contribution in [3.05, 3.63) is 0 Å².